The van der Waals surface area contributed by atoms with Crippen molar-refractivity contribution in [2.24, 2.45) is 0 Å². The van der Waals surface area contributed by atoms with Crippen molar-refractivity contribution in [2.45, 2.75) is 11.5 Å². The van der Waals surface area contributed by atoms with Crippen molar-refractivity contribution in [3.05, 3.63) is 51.8 Å². The standard InChI is InChI=1S/C17H17N5O3S2/c23-22(24)15-5-4-14(16-17(15)20-25-19-16)21-6-8-26-10-12-2-1-3-13(18-12)11-27-9-7-21/h1-5H,6-11H2. The second kappa shape index (κ2) is 8.13. The summed E-state index contributed by atoms with van der Waals surface area (Å²) in [5.74, 6) is 3.57. The smallest absolute Gasteiger partial charge is 0.300 e. The molecule has 0 spiro atoms. The van der Waals surface area contributed by atoms with Crippen molar-refractivity contribution in [1.29, 1.82) is 0 Å². The molecular formula is C17H17N5O3S2. The van der Waals surface area contributed by atoms with Crippen molar-refractivity contribution in [3.63, 3.8) is 0 Å². The lowest BCUT2D eigenvalue weighted by Crippen LogP contribution is -2.29. The summed E-state index contributed by atoms with van der Waals surface area (Å²) in [6, 6.07) is 9.42. The molecule has 3 aromatic rings. The molecule has 140 valence electrons. The second-order valence-corrected chi connectivity index (χ2v) is 8.25. The lowest BCUT2D eigenvalue weighted by atomic mass is 10.2. The molecule has 8 nitrogen and oxygen atoms in total. The van der Waals surface area contributed by atoms with Crippen LogP contribution in [0.3, 0.4) is 0 Å². The predicted octanol–water partition coefficient (Wildman–Crippen LogP) is 3.51. The van der Waals surface area contributed by atoms with E-state index in [2.05, 4.69) is 33.4 Å². The molecule has 1 aliphatic heterocycles. The van der Waals surface area contributed by atoms with Crippen LogP contribution in [0.25, 0.3) is 11.0 Å². The van der Waals surface area contributed by atoms with Crippen molar-refractivity contribution in [3.8, 4) is 0 Å². The molecule has 10 heteroatoms. The number of hydrogen-bond donors (Lipinski definition) is 0. The van der Waals surface area contributed by atoms with Crippen LogP contribution < -0.4 is 4.90 Å². The van der Waals surface area contributed by atoms with Crippen LogP contribution in [0.2, 0.25) is 0 Å². The molecule has 0 radical (unpaired) electrons. The van der Waals surface area contributed by atoms with Crippen LogP contribution in [0.5, 0.6) is 0 Å². The van der Waals surface area contributed by atoms with E-state index in [1.165, 1.54) is 6.07 Å². The lowest BCUT2D eigenvalue weighted by molar-refractivity contribution is -0.383. The molecule has 2 aromatic heterocycles. The molecule has 0 amide bonds. The van der Waals surface area contributed by atoms with Gasteiger partial charge in [0.25, 0.3) is 0 Å². The number of hydrogen-bond acceptors (Lipinski definition) is 9. The Morgan fingerprint density at radius 2 is 1.67 bits per heavy atom. The number of non-ortho nitro benzene ring substituents is 1. The third-order valence-corrected chi connectivity index (χ3v) is 6.23. The van der Waals surface area contributed by atoms with E-state index in [1.807, 2.05) is 23.5 Å². The van der Waals surface area contributed by atoms with E-state index >= 15 is 0 Å². The fourth-order valence-corrected chi connectivity index (χ4v) is 4.72. The summed E-state index contributed by atoms with van der Waals surface area (Å²) < 4.78 is 4.80. The predicted molar refractivity (Wildman–Crippen MR) is 107 cm³/mol. The first-order chi connectivity index (χ1) is 13.2. The zero-order chi connectivity index (χ0) is 18.6. The fourth-order valence-electron chi connectivity index (χ4n) is 2.99. The van der Waals surface area contributed by atoms with Gasteiger partial charge in [-0.15, -0.1) is 0 Å². The SMILES string of the molecule is O=[N+]([O-])c1ccc(N2CCSCc3cccc(n3)CSCC2)c2nonc12. The molecule has 0 saturated carbocycles. The Bertz CT molecular complexity index is 937. The van der Waals surface area contributed by atoms with E-state index < -0.39 is 4.92 Å². The number of anilines is 1. The molecule has 0 unspecified atom stereocenters. The maximum Gasteiger partial charge on any atom is 0.300 e. The van der Waals surface area contributed by atoms with E-state index in [0.717, 1.165) is 53.2 Å². The highest BCUT2D eigenvalue weighted by Gasteiger charge is 2.22. The van der Waals surface area contributed by atoms with Crippen molar-refractivity contribution in [2.75, 3.05) is 29.5 Å². The van der Waals surface area contributed by atoms with E-state index in [9.17, 15) is 10.1 Å². The van der Waals surface area contributed by atoms with Crippen molar-refractivity contribution in [1.82, 2.24) is 15.3 Å². The minimum atomic E-state index is -0.459. The van der Waals surface area contributed by atoms with Crippen LogP contribution in [-0.2, 0) is 11.5 Å². The van der Waals surface area contributed by atoms with E-state index in [-0.39, 0.29) is 11.2 Å². The second-order valence-electron chi connectivity index (χ2n) is 6.03. The highest BCUT2D eigenvalue weighted by Crippen LogP contribution is 2.31. The van der Waals surface area contributed by atoms with Gasteiger partial charge < -0.3 is 4.90 Å². The molecule has 0 saturated heterocycles. The van der Waals surface area contributed by atoms with Gasteiger partial charge in [-0.1, -0.05) is 6.07 Å². The molecule has 1 aromatic carbocycles. The van der Waals surface area contributed by atoms with Gasteiger partial charge in [0.05, 0.1) is 22.0 Å². The van der Waals surface area contributed by atoms with Gasteiger partial charge >= 0.3 is 5.69 Å². The van der Waals surface area contributed by atoms with Gasteiger partial charge in [-0.2, -0.15) is 23.5 Å². The average molecular weight is 403 g/mol. The number of nitro benzene ring substituents is 1. The van der Waals surface area contributed by atoms with Gasteiger partial charge in [0.2, 0.25) is 5.52 Å². The summed E-state index contributed by atoms with van der Waals surface area (Å²) >= 11 is 3.65. The van der Waals surface area contributed by atoms with Crippen LogP contribution in [0.4, 0.5) is 11.4 Å². The highest BCUT2D eigenvalue weighted by atomic mass is 32.2. The Morgan fingerprint density at radius 1 is 1.00 bits per heavy atom. The lowest BCUT2D eigenvalue weighted by Gasteiger charge is -2.25. The summed E-state index contributed by atoms with van der Waals surface area (Å²) in [7, 11) is 0. The monoisotopic (exact) mass is 403 g/mol. The third kappa shape index (κ3) is 4.01. The topological polar surface area (TPSA) is 98.2 Å². The van der Waals surface area contributed by atoms with Crippen LogP contribution in [0.1, 0.15) is 11.4 Å². The molecule has 4 rings (SSSR count). The van der Waals surface area contributed by atoms with E-state index in [0.29, 0.717) is 5.52 Å². The van der Waals surface area contributed by atoms with Gasteiger partial charge in [0, 0.05) is 42.2 Å². The van der Waals surface area contributed by atoms with Crippen LogP contribution >= 0.6 is 23.5 Å². The first-order valence-corrected chi connectivity index (χ1v) is 10.8. The molecule has 0 atom stereocenters. The maximum absolute atomic E-state index is 11.2. The Labute approximate surface area is 163 Å². The normalized spacial score (nSPS) is 15.9. The first kappa shape index (κ1) is 18.1. The van der Waals surface area contributed by atoms with Crippen LogP contribution in [0, 0.1) is 10.1 Å². The molecular weight excluding hydrogens is 386 g/mol. The number of nitro groups is 1. The van der Waals surface area contributed by atoms with E-state index in [4.69, 9.17) is 9.61 Å². The Kier molecular flexibility index (Phi) is 5.44. The third-order valence-electron chi connectivity index (χ3n) is 4.29. The van der Waals surface area contributed by atoms with Gasteiger partial charge in [0.1, 0.15) is 0 Å². The van der Waals surface area contributed by atoms with Gasteiger partial charge in [-0.3, -0.25) is 15.1 Å². The number of aromatic nitrogens is 3. The highest BCUT2D eigenvalue weighted by molar-refractivity contribution is 7.98. The maximum atomic E-state index is 11.2. The zero-order valence-corrected chi connectivity index (χ0v) is 16.0. The Balaban J connectivity index is 1.58. The van der Waals surface area contributed by atoms with Gasteiger partial charge in [-0.25, -0.2) is 4.63 Å². The molecule has 1 aliphatic rings. The molecule has 3 heterocycles. The number of fused-ring (bicyclic) bond motifs is 3. The Hall–Kier alpha value is -2.33. The zero-order valence-electron chi connectivity index (χ0n) is 14.4. The molecule has 0 fully saturated rings. The fraction of sp³-hybridized carbons (Fsp3) is 0.353. The van der Waals surface area contributed by atoms with Crippen molar-refractivity contribution < 1.29 is 9.55 Å². The molecule has 2 bridgehead atoms. The first-order valence-electron chi connectivity index (χ1n) is 8.47. The van der Waals surface area contributed by atoms with E-state index in [1.54, 1.807) is 6.07 Å². The Morgan fingerprint density at radius 3 is 2.33 bits per heavy atom. The number of thioether (sulfide) groups is 2. The number of nitrogens with zero attached hydrogens (tertiary/aromatic N) is 5. The van der Waals surface area contributed by atoms with Gasteiger partial charge in [-0.05, 0) is 28.5 Å². The van der Waals surface area contributed by atoms with Crippen molar-refractivity contribution >= 4 is 45.9 Å². The summed E-state index contributed by atoms with van der Waals surface area (Å²) in [6.07, 6.45) is 0. The minimum absolute atomic E-state index is 0.0855. The largest absolute Gasteiger partial charge is 0.368 e. The van der Waals surface area contributed by atoms with Crippen LogP contribution in [0.15, 0.2) is 35.0 Å². The number of rotatable bonds is 2. The quantitative estimate of drug-likeness (QED) is 0.470. The minimum Gasteiger partial charge on any atom is -0.368 e. The number of benzene rings is 1. The average Bonchev–Trinajstić information content (AvgIpc) is 3.15. The summed E-state index contributed by atoms with van der Waals surface area (Å²) in [5.41, 5.74) is 3.58. The van der Waals surface area contributed by atoms with Crippen LogP contribution in [-0.4, -0.2) is 44.8 Å². The summed E-state index contributed by atoms with van der Waals surface area (Å²) in [5, 5.41) is 18.9. The number of pyridine rings is 1. The molecule has 27 heavy (non-hydrogen) atoms. The summed E-state index contributed by atoms with van der Waals surface area (Å²) in [6.45, 7) is 1.62. The molecule has 0 N–H and O–H groups in total. The van der Waals surface area contributed by atoms with Gasteiger partial charge in [0.15, 0.2) is 5.52 Å². The summed E-state index contributed by atoms with van der Waals surface area (Å²) in [4.78, 5) is 17.6. The molecule has 0 aliphatic carbocycles.